The molecule has 0 amide bonds. The molecule has 1 heterocycles. The normalized spacial score (nSPS) is 13.7. The van der Waals surface area contributed by atoms with Crippen LogP contribution in [0.4, 0.5) is 0 Å². The zero-order valence-corrected chi connectivity index (χ0v) is 12.4. The van der Waals surface area contributed by atoms with Gasteiger partial charge in [-0.25, -0.2) is 4.21 Å². The highest BCUT2D eigenvalue weighted by Crippen LogP contribution is 2.44. The van der Waals surface area contributed by atoms with Crippen molar-refractivity contribution in [3.05, 3.63) is 46.5 Å². The van der Waals surface area contributed by atoms with Gasteiger partial charge in [0, 0.05) is 0 Å². The highest BCUT2D eigenvalue weighted by atomic mass is 32.2. The number of fused-ring (bicyclic) bond motifs is 2. The van der Waals surface area contributed by atoms with E-state index in [9.17, 15) is 4.21 Å². The van der Waals surface area contributed by atoms with Crippen LogP contribution in [0.2, 0.25) is 0 Å². The number of aryl methyl sites for hydroxylation is 4. The van der Waals surface area contributed by atoms with Gasteiger partial charge in [0.25, 0.3) is 0 Å². The molecule has 2 aromatic carbocycles. The molecule has 0 N–H and O–H groups in total. The molecular formula is C16H16O2S. The molecule has 0 atom stereocenters. The molecule has 0 bridgehead atoms. The third-order valence-electron chi connectivity index (χ3n) is 3.37. The van der Waals surface area contributed by atoms with Gasteiger partial charge in [0.2, 0.25) is 0 Å². The van der Waals surface area contributed by atoms with E-state index in [4.69, 9.17) is 4.74 Å². The maximum absolute atomic E-state index is 12.7. The summed E-state index contributed by atoms with van der Waals surface area (Å²) in [7, 11) is -1.16. The van der Waals surface area contributed by atoms with Crippen LogP contribution in [0.25, 0.3) is 0 Å². The van der Waals surface area contributed by atoms with E-state index in [0.717, 1.165) is 43.5 Å². The second-order valence-electron chi connectivity index (χ2n) is 5.19. The molecule has 1 aliphatic heterocycles. The van der Waals surface area contributed by atoms with Crippen molar-refractivity contribution >= 4 is 10.8 Å². The third-order valence-corrected chi connectivity index (χ3v) is 4.78. The SMILES string of the molecule is Cc1cc(C)c2c(c1)S(=O)c1cc(C)cc(C)c1O2. The molecule has 0 spiro atoms. The average Bonchev–Trinajstić information content (AvgIpc) is 2.32. The number of rotatable bonds is 0. The second kappa shape index (κ2) is 4.20. The van der Waals surface area contributed by atoms with Gasteiger partial charge in [-0.05, 0) is 62.1 Å². The van der Waals surface area contributed by atoms with Crippen molar-refractivity contribution in [2.75, 3.05) is 0 Å². The molecule has 2 nitrogen and oxygen atoms in total. The van der Waals surface area contributed by atoms with E-state index in [2.05, 4.69) is 12.1 Å². The molecule has 98 valence electrons. The summed E-state index contributed by atoms with van der Waals surface area (Å²) in [4.78, 5) is 1.57. The van der Waals surface area contributed by atoms with Crippen molar-refractivity contribution in [3.63, 3.8) is 0 Å². The Labute approximate surface area is 115 Å². The summed E-state index contributed by atoms with van der Waals surface area (Å²) in [5.74, 6) is 1.51. The second-order valence-corrected chi connectivity index (χ2v) is 6.61. The number of ether oxygens (including phenoxy) is 1. The van der Waals surface area contributed by atoms with Crippen LogP contribution in [-0.2, 0) is 10.8 Å². The lowest BCUT2D eigenvalue weighted by Gasteiger charge is -2.23. The summed E-state index contributed by atoms with van der Waals surface area (Å²) < 4.78 is 18.8. The van der Waals surface area contributed by atoms with Crippen LogP contribution in [0.15, 0.2) is 34.1 Å². The van der Waals surface area contributed by atoms with Crippen LogP contribution in [0.1, 0.15) is 22.3 Å². The largest absolute Gasteiger partial charge is 0.454 e. The maximum atomic E-state index is 12.7. The Balaban J connectivity index is 2.29. The lowest BCUT2D eigenvalue weighted by Crippen LogP contribution is -2.08. The highest BCUT2D eigenvalue weighted by Gasteiger charge is 2.27. The molecule has 0 aromatic heterocycles. The zero-order chi connectivity index (χ0) is 13.7. The fraction of sp³-hybridized carbons (Fsp3) is 0.250. The van der Waals surface area contributed by atoms with Crippen LogP contribution in [0.3, 0.4) is 0 Å². The first-order chi connectivity index (χ1) is 8.97. The quantitative estimate of drug-likeness (QED) is 0.613. The molecular weight excluding hydrogens is 256 g/mol. The minimum Gasteiger partial charge on any atom is -0.454 e. The maximum Gasteiger partial charge on any atom is 0.146 e. The summed E-state index contributed by atoms with van der Waals surface area (Å²) >= 11 is 0. The Kier molecular flexibility index (Phi) is 2.75. The van der Waals surface area contributed by atoms with Gasteiger partial charge >= 0.3 is 0 Å². The van der Waals surface area contributed by atoms with Crippen LogP contribution < -0.4 is 4.74 Å². The Hall–Kier alpha value is -1.61. The zero-order valence-electron chi connectivity index (χ0n) is 11.5. The monoisotopic (exact) mass is 272 g/mol. The van der Waals surface area contributed by atoms with Gasteiger partial charge in [-0.15, -0.1) is 0 Å². The summed E-state index contributed by atoms with van der Waals surface area (Å²) in [5.41, 5.74) is 4.30. The van der Waals surface area contributed by atoms with E-state index in [0.29, 0.717) is 0 Å². The van der Waals surface area contributed by atoms with Crippen LogP contribution in [-0.4, -0.2) is 4.21 Å². The van der Waals surface area contributed by atoms with Crippen LogP contribution >= 0.6 is 0 Å². The molecule has 0 aliphatic carbocycles. The van der Waals surface area contributed by atoms with Crippen molar-refractivity contribution in [3.8, 4) is 11.5 Å². The van der Waals surface area contributed by atoms with Crippen molar-refractivity contribution in [2.45, 2.75) is 37.5 Å². The summed E-state index contributed by atoms with van der Waals surface area (Å²) in [5, 5.41) is 0. The Bertz CT molecular complexity index is 658. The molecule has 0 fully saturated rings. The molecule has 19 heavy (non-hydrogen) atoms. The molecule has 2 aromatic rings. The first-order valence-electron chi connectivity index (χ1n) is 6.29. The van der Waals surface area contributed by atoms with Gasteiger partial charge in [0.15, 0.2) is 0 Å². The van der Waals surface area contributed by atoms with Crippen molar-refractivity contribution < 1.29 is 8.95 Å². The van der Waals surface area contributed by atoms with E-state index in [1.165, 1.54) is 0 Å². The van der Waals surface area contributed by atoms with Gasteiger partial charge in [-0.1, -0.05) is 12.1 Å². The lowest BCUT2D eigenvalue weighted by atomic mass is 10.1. The summed E-state index contributed by atoms with van der Waals surface area (Å²) in [6, 6.07) is 8.03. The predicted octanol–water partition coefficient (Wildman–Crippen LogP) is 4.19. The first-order valence-corrected chi connectivity index (χ1v) is 7.44. The van der Waals surface area contributed by atoms with E-state index in [1.54, 1.807) is 0 Å². The molecule has 3 rings (SSSR count). The predicted molar refractivity (Wildman–Crippen MR) is 76.6 cm³/mol. The van der Waals surface area contributed by atoms with Crippen LogP contribution in [0.5, 0.6) is 11.5 Å². The Morgan fingerprint density at radius 3 is 1.63 bits per heavy atom. The highest BCUT2D eigenvalue weighted by molar-refractivity contribution is 7.85. The Morgan fingerprint density at radius 2 is 1.21 bits per heavy atom. The van der Waals surface area contributed by atoms with Crippen molar-refractivity contribution in [2.24, 2.45) is 0 Å². The number of benzene rings is 2. The molecule has 0 radical (unpaired) electrons. The standard InChI is InChI=1S/C16H16O2S/c1-9-5-11(3)15-13(7-9)19(17)14-8-10(2)6-12(4)16(14)18-15/h5-8H,1-4H3. The molecule has 3 heteroatoms. The van der Waals surface area contributed by atoms with Crippen molar-refractivity contribution in [1.29, 1.82) is 0 Å². The van der Waals surface area contributed by atoms with Gasteiger partial charge < -0.3 is 4.74 Å². The minimum absolute atomic E-state index is 0.753. The topological polar surface area (TPSA) is 26.3 Å². The fourth-order valence-corrected chi connectivity index (χ4v) is 4.15. The van der Waals surface area contributed by atoms with Crippen LogP contribution in [0, 0.1) is 27.7 Å². The van der Waals surface area contributed by atoms with Crippen molar-refractivity contribution in [1.82, 2.24) is 0 Å². The van der Waals surface area contributed by atoms with E-state index < -0.39 is 10.8 Å². The molecule has 0 saturated heterocycles. The molecule has 0 unspecified atom stereocenters. The van der Waals surface area contributed by atoms with Gasteiger partial charge in [-0.2, -0.15) is 0 Å². The van der Waals surface area contributed by atoms with E-state index in [1.807, 2.05) is 39.8 Å². The van der Waals surface area contributed by atoms with E-state index in [-0.39, 0.29) is 0 Å². The van der Waals surface area contributed by atoms with Gasteiger partial charge in [0.1, 0.15) is 11.5 Å². The molecule has 0 saturated carbocycles. The lowest BCUT2D eigenvalue weighted by molar-refractivity contribution is 0.442. The van der Waals surface area contributed by atoms with Gasteiger partial charge in [-0.3, -0.25) is 0 Å². The number of hydrogen-bond acceptors (Lipinski definition) is 2. The number of hydrogen-bond donors (Lipinski definition) is 0. The summed E-state index contributed by atoms with van der Waals surface area (Å²) in [6.45, 7) is 8.03. The molecule has 1 aliphatic rings. The summed E-state index contributed by atoms with van der Waals surface area (Å²) in [6.07, 6.45) is 0. The van der Waals surface area contributed by atoms with E-state index >= 15 is 0 Å². The fourth-order valence-electron chi connectivity index (χ4n) is 2.59. The smallest absolute Gasteiger partial charge is 0.146 e. The third kappa shape index (κ3) is 1.89. The Morgan fingerprint density at radius 1 is 0.789 bits per heavy atom. The average molecular weight is 272 g/mol. The van der Waals surface area contributed by atoms with Gasteiger partial charge in [0.05, 0.1) is 20.6 Å². The minimum atomic E-state index is -1.16. The first kappa shape index (κ1) is 12.4.